The lowest BCUT2D eigenvalue weighted by molar-refractivity contribution is 0.787. The number of rotatable bonds is 2. The molecule has 0 saturated carbocycles. The molecular weight excluding hydrogens is 198 g/mol. The van der Waals surface area contributed by atoms with Gasteiger partial charge >= 0.3 is 0 Å². The second-order valence-electron chi connectivity index (χ2n) is 3.13. The summed E-state index contributed by atoms with van der Waals surface area (Å²) < 4.78 is 0. The highest BCUT2D eigenvalue weighted by Gasteiger charge is 2.13. The maximum atomic E-state index is 5.46. The number of hydrogen-bond donors (Lipinski definition) is 3. The summed E-state index contributed by atoms with van der Waals surface area (Å²) in [6.07, 6.45) is 2.79. The van der Waals surface area contributed by atoms with Crippen LogP contribution in [0.1, 0.15) is 6.42 Å². The average molecular weight is 213 g/mol. The van der Waals surface area contributed by atoms with Crippen LogP contribution in [0.25, 0.3) is 0 Å². The molecule has 0 radical (unpaired) electrons. The van der Waals surface area contributed by atoms with E-state index in [1.54, 1.807) is 6.20 Å². The van der Waals surface area contributed by atoms with E-state index in [4.69, 9.17) is 5.73 Å². The Kier molecular flexibility index (Phi) is 3.97. The Morgan fingerprint density at radius 2 is 2.43 bits per heavy atom. The van der Waals surface area contributed by atoms with E-state index in [2.05, 4.69) is 20.6 Å². The van der Waals surface area contributed by atoms with Gasteiger partial charge in [-0.3, -0.25) is 0 Å². The van der Waals surface area contributed by atoms with Crippen molar-refractivity contribution in [2.75, 3.05) is 24.1 Å². The predicted molar refractivity (Wildman–Crippen MR) is 61.7 cm³/mol. The maximum absolute atomic E-state index is 5.46. The molecule has 0 bridgehead atoms. The van der Waals surface area contributed by atoms with Gasteiger partial charge in [0.2, 0.25) is 5.95 Å². The average Bonchev–Trinajstić information content (AvgIpc) is 2.57. The van der Waals surface area contributed by atoms with Gasteiger partial charge in [-0.1, -0.05) is 0 Å². The Balaban J connectivity index is 0.000000980. The molecule has 6 heteroatoms. The van der Waals surface area contributed by atoms with Gasteiger partial charge in [0, 0.05) is 18.8 Å². The number of hydrogen-bond acceptors (Lipinski definition) is 5. The summed E-state index contributed by atoms with van der Waals surface area (Å²) in [6.45, 7) is 2.06. The summed E-state index contributed by atoms with van der Waals surface area (Å²) in [4.78, 5) is 7.89. The largest absolute Gasteiger partial charge is 0.368 e. The van der Waals surface area contributed by atoms with Crippen LogP contribution < -0.4 is 16.4 Å². The van der Waals surface area contributed by atoms with Crippen molar-refractivity contribution in [1.29, 1.82) is 0 Å². The maximum Gasteiger partial charge on any atom is 0.221 e. The third-order valence-electron chi connectivity index (χ3n) is 2.09. The fourth-order valence-corrected chi connectivity index (χ4v) is 1.44. The third-order valence-corrected chi connectivity index (χ3v) is 2.09. The van der Waals surface area contributed by atoms with Crippen LogP contribution in [-0.4, -0.2) is 29.1 Å². The first-order chi connectivity index (χ1) is 6.34. The Morgan fingerprint density at radius 1 is 1.57 bits per heavy atom. The van der Waals surface area contributed by atoms with Gasteiger partial charge in [-0.15, -0.1) is 0 Å². The van der Waals surface area contributed by atoms with E-state index in [9.17, 15) is 0 Å². The first-order valence-corrected chi connectivity index (χ1v) is 4.40. The molecule has 1 saturated heterocycles. The van der Waals surface area contributed by atoms with Crippen molar-refractivity contribution in [3.63, 3.8) is 0 Å². The number of nitrogens with one attached hydrogen (secondary N) is 2. The highest BCUT2D eigenvalue weighted by Crippen LogP contribution is 2.08. The molecule has 0 aliphatic carbocycles. The molecule has 1 aromatic rings. The van der Waals surface area contributed by atoms with Gasteiger partial charge < -0.3 is 16.4 Å². The Bertz CT molecular complexity index is 287. The molecule has 1 atom stereocenters. The van der Waals surface area contributed by atoms with Crippen molar-refractivity contribution in [1.82, 2.24) is 15.3 Å². The van der Waals surface area contributed by atoms with Crippen LogP contribution in [0.15, 0.2) is 12.3 Å². The monoisotopic (exact) mass is 213 g/mol. The molecule has 1 aromatic heterocycles. The number of nitrogens with zero attached hydrogens (tertiary/aromatic N) is 2. The fourth-order valence-electron chi connectivity index (χ4n) is 1.44. The number of anilines is 2. The lowest BCUT2D eigenvalue weighted by Crippen LogP contribution is -2.22. The molecule has 2 heterocycles. The quantitative estimate of drug-likeness (QED) is 0.642. The van der Waals surface area contributed by atoms with Gasteiger partial charge in [0.25, 0.3) is 0 Å². The van der Waals surface area contributed by atoms with E-state index in [1.807, 2.05) is 6.07 Å². The van der Waals surface area contributed by atoms with E-state index < -0.39 is 0 Å². The second-order valence-corrected chi connectivity index (χ2v) is 3.13. The lowest BCUT2D eigenvalue weighted by Gasteiger charge is -2.11. The zero-order valence-electron chi connectivity index (χ0n) is 7.83. The number of nitrogen functional groups attached to an aromatic ring is 1. The van der Waals surface area contributed by atoms with Crippen molar-refractivity contribution in [3.8, 4) is 0 Å². The topological polar surface area (TPSA) is 75.9 Å². The van der Waals surface area contributed by atoms with Crippen LogP contribution in [0, 0.1) is 0 Å². The normalized spacial score (nSPS) is 20.1. The van der Waals surface area contributed by atoms with Crippen molar-refractivity contribution >= 4 is 25.3 Å². The SMILES string of the molecule is Nc1nccc(N[C@H]2CCNC2)n1.S. The third kappa shape index (κ3) is 2.74. The zero-order chi connectivity index (χ0) is 9.10. The first-order valence-electron chi connectivity index (χ1n) is 4.40. The summed E-state index contributed by atoms with van der Waals surface area (Å²) in [5.74, 6) is 1.12. The molecule has 2 rings (SSSR count). The minimum absolute atomic E-state index is 0. The lowest BCUT2D eigenvalue weighted by atomic mass is 10.2. The van der Waals surface area contributed by atoms with Crippen LogP contribution >= 0.6 is 13.5 Å². The minimum Gasteiger partial charge on any atom is -0.368 e. The molecule has 4 N–H and O–H groups in total. The summed E-state index contributed by atoms with van der Waals surface area (Å²) in [7, 11) is 0. The number of nitrogens with two attached hydrogens (primary N) is 1. The molecule has 1 aliphatic rings. The molecule has 1 fully saturated rings. The van der Waals surface area contributed by atoms with Gasteiger partial charge in [0.1, 0.15) is 5.82 Å². The van der Waals surface area contributed by atoms with Crippen LogP contribution in [0.2, 0.25) is 0 Å². The van der Waals surface area contributed by atoms with E-state index in [0.29, 0.717) is 12.0 Å². The van der Waals surface area contributed by atoms with Crippen molar-refractivity contribution in [2.24, 2.45) is 0 Å². The van der Waals surface area contributed by atoms with Gasteiger partial charge in [0.15, 0.2) is 0 Å². The zero-order valence-corrected chi connectivity index (χ0v) is 8.83. The van der Waals surface area contributed by atoms with Gasteiger partial charge in [-0.05, 0) is 19.0 Å². The highest BCUT2D eigenvalue weighted by molar-refractivity contribution is 7.59. The molecule has 78 valence electrons. The summed E-state index contributed by atoms with van der Waals surface area (Å²) in [5, 5.41) is 6.56. The fraction of sp³-hybridized carbons (Fsp3) is 0.500. The van der Waals surface area contributed by atoms with Crippen molar-refractivity contribution in [2.45, 2.75) is 12.5 Å². The van der Waals surface area contributed by atoms with Gasteiger partial charge in [-0.25, -0.2) is 4.98 Å². The van der Waals surface area contributed by atoms with E-state index >= 15 is 0 Å². The van der Waals surface area contributed by atoms with Gasteiger partial charge in [-0.2, -0.15) is 18.5 Å². The Hall–Kier alpha value is -1.01. The molecule has 5 nitrogen and oxygen atoms in total. The standard InChI is InChI=1S/C8H13N5.H2S/c9-8-11-4-2-7(13-8)12-6-1-3-10-5-6;/h2,4,6,10H,1,3,5H2,(H3,9,11,12,13);1H2/t6-;/m0./s1. The van der Waals surface area contributed by atoms with E-state index in [1.165, 1.54) is 0 Å². The molecule has 14 heavy (non-hydrogen) atoms. The Morgan fingerprint density at radius 3 is 3.07 bits per heavy atom. The Labute approximate surface area is 90.0 Å². The molecule has 1 aliphatic heterocycles. The van der Waals surface area contributed by atoms with Gasteiger partial charge in [0.05, 0.1) is 0 Å². The van der Waals surface area contributed by atoms with Crippen molar-refractivity contribution in [3.05, 3.63) is 12.3 Å². The molecule has 0 unspecified atom stereocenters. The van der Waals surface area contributed by atoms with E-state index in [-0.39, 0.29) is 13.5 Å². The van der Waals surface area contributed by atoms with Crippen LogP contribution in [0.3, 0.4) is 0 Å². The molecule has 0 spiro atoms. The summed E-state index contributed by atoms with van der Waals surface area (Å²) in [5.41, 5.74) is 5.46. The van der Waals surface area contributed by atoms with Crippen LogP contribution in [0.5, 0.6) is 0 Å². The minimum atomic E-state index is 0. The summed E-state index contributed by atoms with van der Waals surface area (Å²) >= 11 is 0. The smallest absolute Gasteiger partial charge is 0.221 e. The molecule has 0 amide bonds. The summed E-state index contributed by atoms with van der Waals surface area (Å²) in [6, 6.07) is 2.30. The first kappa shape index (κ1) is 11.1. The molecule has 0 aromatic carbocycles. The second kappa shape index (κ2) is 5.02. The predicted octanol–water partition coefficient (Wildman–Crippen LogP) is -0.0546. The van der Waals surface area contributed by atoms with E-state index in [0.717, 1.165) is 25.3 Å². The highest BCUT2D eigenvalue weighted by atomic mass is 32.1. The molecular formula is C8H15N5S. The van der Waals surface area contributed by atoms with Crippen LogP contribution in [-0.2, 0) is 0 Å². The van der Waals surface area contributed by atoms with Crippen molar-refractivity contribution < 1.29 is 0 Å². The van der Waals surface area contributed by atoms with Crippen LogP contribution in [0.4, 0.5) is 11.8 Å². The number of aromatic nitrogens is 2.